The molecule has 1 aliphatic rings. The number of anilines is 3. The van der Waals surface area contributed by atoms with Crippen LogP contribution in [0.3, 0.4) is 0 Å². The zero-order valence-corrected chi connectivity index (χ0v) is 17.3. The second kappa shape index (κ2) is 8.65. The van der Waals surface area contributed by atoms with Crippen molar-refractivity contribution in [2.45, 2.75) is 13.3 Å². The molecule has 1 aromatic carbocycles. The second-order valence-corrected chi connectivity index (χ2v) is 7.19. The molecule has 0 saturated carbocycles. The van der Waals surface area contributed by atoms with Crippen LogP contribution in [-0.4, -0.2) is 42.7 Å². The number of nitrogens with zero attached hydrogens (tertiary/aromatic N) is 1. The minimum Gasteiger partial charge on any atom is -0.487 e. The zero-order chi connectivity index (χ0) is 22.0. The van der Waals surface area contributed by atoms with E-state index in [0.717, 1.165) is 5.69 Å². The van der Waals surface area contributed by atoms with Crippen molar-refractivity contribution in [3.8, 4) is 17.0 Å². The van der Waals surface area contributed by atoms with Crippen molar-refractivity contribution >= 4 is 23.1 Å². The summed E-state index contributed by atoms with van der Waals surface area (Å²) in [6.45, 7) is 2.87. The number of carbonyl (C=O) groups is 1. The van der Waals surface area contributed by atoms with E-state index in [4.69, 9.17) is 15.2 Å². The molecule has 0 fully saturated rings. The van der Waals surface area contributed by atoms with Gasteiger partial charge in [0.05, 0.1) is 23.6 Å². The summed E-state index contributed by atoms with van der Waals surface area (Å²) in [7, 11) is 1.58. The number of fused-ring (bicyclic) bond motifs is 1. The Balaban J connectivity index is 1.87. The van der Waals surface area contributed by atoms with E-state index in [1.54, 1.807) is 38.4 Å². The SMILES string of the molecule is COCCOc1c(-c2[nH]c3c(c2Nc2cccc(F)c2C)C(=O)NCC3)ccnc1N. The van der Waals surface area contributed by atoms with Crippen molar-refractivity contribution in [2.75, 3.05) is 37.9 Å². The lowest BCUT2D eigenvalue weighted by atomic mass is 10.0. The molecule has 3 heterocycles. The Morgan fingerprint density at radius 2 is 2.13 bits per heavy atom. The molecule has 3 aromatic rings. The molecule has 31 heavy (non-hydrogen) atoms. The molecule has 1 aliphatic heterocycles. The molecule has 8 nitrogen and oxygen atoms in total. The highest BCUT2D eigenvalue weighted by Crippen LogP contribution is 2.42. The van der Waals surface area contributed by atoms with Gasteiger partial charge in [-0.05, 0) is 25.1 Å². The highest BCUT2D eigenvalue weighted by molar-refractivity contribution is 6.06. The first kappa shape index (κ1) is 20.7. The first-order chi connectivity index (χ1) is 15.0. The Bertz CT molecular complexity index is 1130. The van der Waals surface area contributed by atoms with Crippen molar-refractivity contribution in [3.05, 3.63) is 53.1 Å². The van der Waals surface area contributed by atoms with Gasteiger partial charge in [-0.1, -0.05) is 6.07 Å². The summed E-state index contributed by atoms with van der Waals surface area (Å²) in [5.74, 6) is 0.0671. The number of nitrogen functional groups attached to an aromatic ring is 1. The van der Waals surface area contributed by atoms with E-state index in [1.807, 2.05) is 0 Å². The van der Waals surface area contributed by atoms with Gasteiger partial charge in [-0.15, -0.1) is 0 Å². The number of H-pyrrole nitrogens is 1. The zero-order valence-electron chi connectivity index (χ0n) is 17.3. The number of carbonyl (C=O) groups excluding carboxylic acids is 1. The van der Waals surface area contributed by atoms with Crippen LogP contribution in [0.1, 0.15) is 21.6 Å². The fraction of sp³-hybridized carbons (Fsp3) is 0.273. The van der Waals surface area contributed by atoms with Crippen LogP contribution in [0.25, 0.3) is 11.3 Å². The standard InChI is InChI=1S/C22H24FN5O3/c1-12-14(23)4-3-5-15(12)27-19-17-16(7-9-26-22(17)29)28-18(19)13-6-8-25-21(24)20(13)31-11-10-30-2/h3-6,8,27-28H,7,9-11H2,1-2H3,(H2,24,25)(H,26,29). The monoisotopic (exact) mass is 425 g/mol. The van der Waals surface area contributed by atoms with Crippen LogP contribution >= 0.6 is 0 Å². The van der Waals surface area contributed by atoms with E-state index in [9.17, 15) is 9.18 Å². The molecule has 5 N–H and O–H groups in total. The number of methoxy groups -OCH3 is 1. The molecule has 0 unspecified atom stereocenters. The number of hydrogen-bond donors (Lipinski definition) is 4. The summed E-state index contributed by atoms with van der Waals surface area (Å²) in [6.07, 6.45) is 2.21. The van der Waals surface area contributed by atoms with Crippen LogP contribution in [0, 0.1) is 12.7 Å². The number of hydrogen-bond acceptors (Lipinski definition) is 6. The van der Waals surface area contributed by atoms with Crippen molar-refractivity contribution in [1.29, 1.82) is 0 Å². The third-order valence-corrected chi connectivity index (χ3v) is 5.23. The molecule has 9 heteroatoms. The van der Waals surface area contributed by atoms with Gasteiger partial charge >= 0.3 is 0 Å². The molecule has 162 valence electrons. The van der Waals surface area contributed by atoms with E-state index < -0.39 is 0 Å². The summed E-state index contributed by atoms with van der Waals surface area (Å²) in [6, 6.07) is 6.54. The normalized spacial score (nSPS) is 12.9. The van der Waals surface area contributed by atoms with Gasteiger partial charge in [0.1, 0.15) is 12.4 Å². The maximum Gasteiger partial charge on any atom is 0.255 e. The number of rotatable bonds is 7. The van der Waals surface area contributed by atoms with Crippen molar-refractivity contribution in [1.82, 2.24) is 15.3 Å². The minimum atomic E-state index is -0.336. The van der Waals surface area contributed by atoms with Gasteiger partial charge in [0.15, 0.2) is 11.6 Å². The highest BCUT2D eigenvalue weighted by Gasteiger charge is 2.29. The maximum absolute atomic E-state index is 14.2. The predicted octanol–water partition coefficient (Wildman–Crippen LogP) is 3.16. The number of nitrogens with one attached hydrogen (secondary N) is 3. The van der Waals surface area contributed by atoms with Crippen molar-refractivity contribution in [3.63, 3.8) is 0 Å². The average Bonchev–Trinajstić information content (AvgIpc) is 3.12. The first-order valence-corrected chi connectivity index (χ1v) is 9.93. The Morgan fingerprint density at radius 1 is 1.29 bits per heavy atom. The summed E-state index contributed by atoms with van der Waals surface area (Å²) in [5, 5.41) is 6.12. The number of halogens is 1. The third kappa shape index (κ3) is 3.91. The van der Waals surface area contributed by atoms with Gasteiger partial charge in [0, 0.05) is 48.8 Å². The molecule has 0 aliphatic carbocycles. The number of pyridine rings is 1. The summed E-state index contributed by atoms with van der Waals surface area (Å²) >= 11 is 0. The van der Waals surface area contributed by atoms with Crippen molar-refractivity contribution < 1.29 is 18.7 Å². The molecule has 0 saturated heterocycles. The van der Waals surface area contributed by atoms with E-state index in [1.165, 1.54) is 6.07 Å². The lowest BCUT2D eigenvalue weighted by molar-refractivity contribution is 0.0947. The van der Waals surface area contributed by atoms with E-state index in [0.29, 0.717) is 59.1 Å². The van der Waals surface area contributed by atoms with Crippen LogP contribution in [-0.2, 0) is 11.2 Å². The van der Waals surface area contributed by atoms with E-state index >= 15 is 0 Å². The summed E-state index contributed by atoms with van der Waals surface area (Å²) < 4.78 is 25.1. The Hall–Kier alpha value is -3.59. The topological polar surface area (TPSA) is 114 Å². The number of aromatic amines is 1. The van der Waals surface area contributed by atoms with Crippen LogP contribution < -0.4 is 21.1 Å². The minimum absolute atomic E-state index is 0.204. The van der Waals surface area contributed by atoms with E-state index in [-0.39, 0.29) is 24.1 Å². The van der Waals surface area contributed by atoms with Gasteiger partial charge in [0.2, 0.25) is 0 Å². The molecule has 0 bridgehead atoms. The second-order valence-electron chi connectivity index (χ2n) is 7.19. The number of nitrogens with two attached hydrogens (primary N) is 1. The van der Waals surface area contributed by atoms with Gasteiger partial charge in [0.25, 0.3) is 5.91 Å². The van der Waals surface area contributed by atoms with Crippen LogP contribution in [0.15, 0.2) is 30.5 Å². The molecule has 2 aromatic heterocycles. The molecule has 0 spiro atoms. The van der Waals surface area contributed by atoms with Crippen LogP contribution in [0.4, 0.5) is 21.6 Å². The Morgan fingerprint density at radius 3 is 2.94 bits per heavy atom. The quantitative estimate of drug-likeness (QED) is 0.433. The highest BCUT2D eigenvalue weighted by atomic mass is 19.1. The Kier molecular flexibility index (Phi) is 5.77. The molecular formula is C22H24FN5O3. The fourth-order valence-electron chi connectivity index (χ4n) is 3.62. The molecule has 4 rings (SSSR count). The van der Waals surface area contributed by atoms with Crippen LogP contribution in [0.5, 0.6) is 5.75 Å². The molecule has 0 atom stereocenters. The van der Waals surface area contributed by atoms with Crippen LogP contribution in [0.2, 0.25) is 0 Å². The number of ether oxygens (including phenoxy) is 2. The number of benzene rings is 1. The Labute approximate surface area is 179 Å². The molecular weight excluding hydrogens is 401 g/mol. The molecule has 0 radical (unpaired) electrons. The maximum atomic E-state index is 14.2. The molecule has 1 amide bonds. The summed E-state index contributed by atoms with van der Waals surface area (Å²) in [4.78, 5) is 20.2. The summed E-state index contributed by atoms with van der Waals surface area (Å²) in [5.41, 5.74) is 10.2. The smallest absolute Gasteiger partial charge is 0.255 e. The van der Waals surface area contributed by atoms with Gasteiger partial charge in [-0.2, -0.15) is 0 Å². The van der Waals surface area contributed by atoms with Gasteiger partial charge in [-0.3, -0.25) is 4.79 Å². The predicted molar refractivity (Wildman–Crippen MR) is 116 cm³/mol. The van der Waals surface area contributed by atoms with Gasteiger partial charge < -0.3 is 30.8 Å². The lowest BCUT2D eigenvalue weighted by Crippen LogP contribution is -2.31. The third-order valence-electron chi connectivity index (χ3n) is 5.23. The number of amides is 1. The first-order valence-electron chi connectivity index (χ1n) is 9.93. The van der Waals surface area contributed by atoms with Crippen molar-refractivity contribution in [2.24, 2.45) is 0 Å². The average molecular weight is 425 g/mol. The lowest BCUT2D eigenvalue weighted by Gasteiger charge is -2.17. The van der Waals surface area contributed by atoms with E-state index in [2.05, 4.69) is 20.6 Å². The largest absolute Gasteiger partial charge is 0.487 e. The fourth-order valence-corrected chi connectivity index (χ4v) is 3.62. The number of aromatic nitrogens is 2. The van der Waals surface area contributed by atoms with Gasteiger partial charge in [-0.25, -0.2) is 9.37 Å².